The van der Waals surface area contributed by atoms with Crippen LogP contribution in [0.15, 0.2) is 30.2 Å². The number of nitrogens with one attached hydrogen (secondary N) is 1. The quantitative estimate of drug-likeness (QED) is 0.536. The summed E-state index contributed by atoms with van der Waals surface area (Å²) in [7, 11) is 0. The molecule has 20 heavy (non-hydrogen) atoms. The van der Waals surface area contributed by atoms with Crippen molar-refractivity contribution in [2.24, 2.45) is 0 Å². The standard InChI is InChI=1S/C15H16Br3NS/c1-4-19-14(11-7-13(17)20-15(11)18)10-5-9(3)12(16)6-8(10)2/h5-7,14,19H,4H2,1-3H3. The van der Waals surface area contributed by atoms with Gasteiger partial charge >= 0.3 is 0 Å². The fourth-order valence-electron chi connectivity index (χ4n) is 2.26. The van der Waals surface area contributed by atoms with Gasteiger partial charge in [0.25, 0.3) is 0 Å². The van der Waals surface area contributed by atoms with E-state index in [9.17, 15) is 0 Å². The number of aryl methyl sites for hydroxylation is 2. The monoisotopic (exact) mass is 479 g/mol. The van der Waals surface area contributed by atoms with Crippen LogP contribution in [0.4, 0.5) is 0 Å². The summed E-state index contributed by atoms with van der Waals surface area (Å²) in [5.41, 5.74) is 5.17. The first-order valence-electron chi connectivity index (χ1n) is 6.38. The van der Waals surface area contributed by atoms with Crippen molar-refractivity contribution in [1.29, 1.82) is 0 Å². The van der Waals surface area contributed by atoms with Gasteiger partial charge in [0.15, 0.2) is 0 Å². The molecular formula is C15H16Br3NS. The van der Waals surface area contributed by atoms with E-state index in [1.54, 1.807) is 11.3 Å². The van der Waals surface area contributed by atoms with Crippen molar-refractivity contribution in [2.45, 2.75) is 26.8 Å². The van der Waals surface area contributed by atoms with E-state index in [0.29, 0.717) is 0 Å². The van der Waals surface area contributed by atoms with Gasteiger partial charge in [-0.3, -0.25) is 0 Å². The molecule has 0 aliphatic carbocycles. The molecule has 1 N–H and O–H groups in total. The molecule has 0 spiro atoms. The van der Waals surface area contributed by atoms with Crippen LogP contribution in [-0.2, 0) is 0 Å². The van der Waals surface area contributed by atoms with Gasteiger partial charge < -0.3 is 5.32 Å². The number of halogens is 3. The Balaban J connectivity index is 2.54. The van der Waals surface area contributed by atoms with Crippen molar-refractivity contribution in [2.75, 3.05) is 6.54 Å². The third-order valence-electron chi connectivity index (χ3n) is 3.26. The largest absolute Gasteiger partial charge is 0.306 e. The summed E-state index contributed by atoms with van der Waals surface area (Å²) in [6.07, 6.45) is 0. The Morgan fingerprint density at radius 1 is 1.05 bits per heavy atom. The minimum absolute atomic E-state index is 0.212. The molecule has 0 saturated carbocycles. The molecule has 0 aliphatic rings. The third kappa shape index (κ3) is 3.55. The highest BCUT2D eigenvalue weighted by Crippen LogP contribution is 2.39. The molecule has 5 heteroatoms. The molecule has 0 saturated heterocycles. The summed E-state index contributed by atoms with van der Waals surface area (Å²) in [4.78, 5) is 0. The molecule has 1 aromatic carbocycles. The van der Waals surface area contributed by atoms with Crippen LogP contribution in [0.5, 0.6) is 0 Å². The van der Waals surface area contributed by atoms with Crippen LogP contribution in [0, 0.1) is 13.8 Å². The number of rotatable bonds is 4. The Morgan fingerprint density at radius 2 is 1.75 bits per heavy atom. The minimum atomic E-state index is 0.212. The van der Waals surface area contributed by atoms with Crippen molar-refractivity contribution < 1.29 is 0 Å². The smallest absolute Gasteiger partial charge is 0.0761 e. The number of benzene rings is 1. The van der Waals surface area contributed by atoms with Gasteiger partial charge in [-0.25, -0.2) is 0 Å². The summed E-state index contributed by atoms with van der Waals surface area (Å²) < 4.78 is 3.49. The number of thiophene rings is 1. The maximum atomic E-state index is 3.68. The fourth-order valence-corrected chi connectivity index (χ4v) is 5.62. The van der Waals surface area contributed by atoms with Crippen LogP contribution in [0.3, 0.4) is 0 Å². The van der Waals surface area contributed by atoms with Gasteiger partial charge in [-0.15, -0.1) is 11.3 Å². The van der Waals surface area contributed by atoms with Crippen LogP contribution in [0.1, 0.15) is 35.2 Å². The lowest BCUT2D eigenvalue weighted by Crippen LogP contribution is -2.22. The lowest BCUT2D eigenvalue weighted by Gasteiger charge is -2.21. The van der Waals surface area contributed by atoms with Gasteiger partial charge in [0.1, 0.15) is 0 Å². The van der Waals surface area contributed by atoms with Crippen LogP contribution >= 0.6 is 59.1 Å². The second kappa shape index (κ2) is 7.05. The topological polar surface area (TPSA) is 12.0 Å². The summed E-state index contributed by atoms with van der Waals surface area (Å²) >= 11 is 12.6. The Morgan fingerprint density at radius 3 is 2.30 bits per heavy atom. The lowest BCUT2D eigenvalue weighted by molar-refractivity contribution is 0.627. The van der Waals surface area contributed by atoms with Gasteiger partial charge in [-0.1, -0.05) is 28.9 Å². The second-order valence-corrected chi connectivity index (χ2v) is 9.33. The predicted octanol–water partition coefficient (Wildman–Crippen LogP) is 6.35. The number of hydrogen-bond donors (Lipinski definition) is 1. The Kier molecular flexibility index (Phi) is 5.88. The Labute approximate surface area is 149 Å². The van der Waals surface area contributed by atoms with Crippen molar-refractivity contribution in [3.05, 3.63) is 52.5 Å². The van der Waals surface area contributed by atoms with Crippen molar-refractivity contribution in [3.63, 3.8) is 0 Å². The third-order valence-corrected chi connectivity index (χ3v) is 6.50. The first-order valence-corrected chi connectivity index (χ1v) is 9.58. The van der Waals surface area contributed by atoms with E-state index >= 15 is 0 Å². The van der Waals surface area contributed by atoms with Crippen LogP contribution in [0.25, 0.3) is 0 Å². The highest BCUT2D eigenvalue weighted by atomic mass is 79.9. The predicted molar refractivity (Wildman–Crippen MR) is 98.9 cm³/mol. The second-order valence-electron chi connectivity index (χ2n) is 4.73. The van der Waals surface area contributed by atoms with Crippen molar-refractivity contribution >= 4 is 59.1 Å². The van der Waals surface area contributed by atoms with Gasteiger partial charge in [0, 0.05) is 4.47 Å². The van der Waals surface area contributed by atoms with E-state index in [-0.39, 0.29) is 6.04 Å². The molecule has 108 valence electrons. The highest BCUT2D eigenvalue weighted by molar-refractivity contribution is 9.12. The summed E-state index contributed by atoms with van der Waals surface area (Å²) in [5.74, 6) is 0. The van der Waals surface area contributed by atoms with Gasteiger partial charge in [-0.05, 0) is 86.6 Å². The Bertz CT molecular complexity index is 622. The minimum Gasteiger partial charge on any atom is -0.306 e. The zero-order valence-corrected chi connectivity index (χ0v) is 17.1. The molecule has 0 aliphatic heterocycles. The van der Waals surface area contributed by atoms with E-state index in [0.717, 1.165) is 10.3 Å². The molecule has 0 bridgehead atoms. The zero-order chi connectivity index (χ0) is 14.9. The van der Waals surface area contributed by atoms with Gasteiger partial charge in [-0.2, -0.15) is 0 Å². The fraction of sp³-hybridized carbons (Fsp3) is 0.333. The first-order chi connectivity index (χ1) is 9.43. The average molecular weight is 482 g/mol. The molecule has 2 aromatic rings. The highest BCUT2D eigenvalue weighted by Gasteiger charge is 2.20. The van der Waals surface area contributed by atoms with E-state index in [2.05, 4.69) is 92.1 Å². The maximum Gasteiger partial charge on any atom is 0.0761 e. The molecule has 1 nitrogen and oxygen atoms in total. The van der Waals surface area contributed by atoms with Gasteiger partial charge in [0.05, 0.1) is 13.6 Å². The van der Waals surface area contributed by atoms with E-state index in [1.165, 1.54) is 30.5 Å². The molecule has 0 radical (unpaired) electrons. The molecule has 1 heterocycles. The van der Waals surface area contributed by atoms with E-state index in [1.807, 2.05) is 0 Å². The number of hydrogen-bond acceptors (Lipinski definition) is 2. The molecular weight excluding hydrogens is 466 g/mol. The Hall–Kier alpha value is 0.320. The summed E-state index contributed by atoms with van der Waals surface area (Å²) in [6.45, 7) is 7.37. The van der Waals surface area contributed by atoms with Crippen LogP contribution < -0.4 is 5.32 Å². The molecule has 1 unspecified atom stereocenters. The molecule has 2 rings (SSSR count). The molecule has 0 fully saturated rings. The summed E-state index contributed by atoms with van der Waals surface area (Å²) in [5, 5.41) is 3.60. The molecule has 1 aromatic heterocycles. The average Bonchev–Trinajstić information content (AvgIpc) is 2.70. The summed E-state index contributed by atoms with van der Waals surface area (Å²) in [6, 6.07) is 6.87. The zero-order valence-electron chi connectivity index (χ0n) is 11.6. The molecule has 0 amide bonds. The molecule has 1 atom stereocenters. The van der Waals surface area contributed by atoms with Crippen molar-refractivity contribution in [3.8, 4) is 0 Å². The van der Waals surface area contributed by atoms with E-state index < -0.39 is 0 Å². The normalized spacial score (nSPS) is 12.7. The maximum absolute atomic E-state index is 3.68. The van der Waals surface area contributed by atoms with E-state index in [4.69, 9.17) is 0 Å². The van der Waals surface area contributed by atoms with Crippen molar-refractivity contribution in [1.82, 2.24) is 5.32 Å². The lowest BCUT2D eigenvalue weighted by atomic mass is 9.95. The SMILES string of the molecule is CCNC(c1cc(C)c(Br)cc1C)c1cc(Br)sc1Br. The first kappa shape index (κ1) is 16.7. The van der Waals surface area contributed by atoms with Crippen LogP contribution in [0.2, 0.25) is 0 Å². The van der Waals surface area contributed by atoms with Gasteiger partial charge in [0.2, 0.25) is 0 Å². The van der Waals surface area contributed by atoms with Crippen LogP contribution in [-0.4, -0.2) is 6.54 Å².